The minimum Gasteiger partial charge on any atom is -0.451 e. The second kappa shape index (κ2) is 7.28. The first-order valence-electron chi connectivity index (χ1n) is 7.85. The number of esters is 1. The maximum absolute atomic E-state index is 12.2. The minimum atomic E-state index is -0.525. The van der Waals surface area contributed by atoms with E-state index in [0.29, 0.717) is 5.89 Å². The molecule has 2 aromatic carbocycles. The molecule has 0 saturated carbocycles. The van der Waals surface area contributed by atoms with E-state index in [1.165, 1.54) is 11.3 Å². The molecule has 0 atom stereocenters. The van der Waals surface area contributed by atoms with E-state index >= 15 is 0 Å². The van der Waals surface area contributed by atoms with Gasteiger partial charge >= 0.3 is 5.97 Å². The van der Waals surface area contributed by atoms with Gasteiger partial charge in [-0.15, -0.1) is 21.5 Å². The van der Waals surface area contributed by atoms with Crippen LogP contribution in [-0.4, -0.2) is 21.2 Å². The number of carbonyl (C=O) groups excluding carboxylic acids is 1. The zero-order valence-corrected chi connectivity index (χ0v) is 14.3. The smallest absolute Gasteiger partial charge is 0.358 e. The Morgan fingerprint density at radius 1 is 0.962 bits per heavy atom. The summed E-state index contributed by atoms with van der Waals surface area (Å²) in [6.45, 7) is -0.100. The van der Waals surface area contributed by atoms with Gasteiger partial charge < -0.3 is 9.15 Å². The fourth-order valence-corrected chi connectivity index (χ4v) is 3.09. The first kappa shape index (κ1) is 16.2. The van der Waals surface area contributed by atoms with Gasteiger partial charge in [0.25, 0.3) is 5.89 Å². The zero-order chi connectivity index (χ0) is 17.8. The number of hydrogen-bond acceptors (Lipinski definition) is 7. The topological polar surface area (TPSA) is 78.1 Å². The number of thiazole rings is 1. The fraction of sp³-hybridized carbons (Fsp3) is 0.0526. The van der Waals surface area contributed by atoms with E-state index in [4.69, 9.17) is 9.15 Å². The van der Waals surface area contributed by atoms with Gasteiger partial charge in [-0.2, -0.15) is 0 Å². The van der Waals surface area contributed by atoms with Gasteiger partial charge in [-0.1, -0.05) is 48.5 Å². The van der Waals surface area contributed by atoms with E-state index < -0.39 is 5.97 Å². The normalized spacial score (nSPS) is 10.6. The molecule has 4 rings (SSSR count). The molecule has 0 fully saturated rings. The van der Waals surface area contributed by atoms with Gasteiger partial charge in [0, 0.05) is 16.5 Å². The Labute approximate surface area is 153 Å². The van der Waals surface area contributed by atoms with Crippen LogP contribution in [0.25, 0.3) is 22.0 Å². The summed E-state index contributed by atoms with van der Waals surface area (Å²) in [5.41, 5.74) is 2.03. The molecule has 0 aliphatic heterocycles. The molecule has 0 spiro atoms. The molecule has 0 N–H and O–H groups in total. The summed E-state index contributed by atoms with van der Waals surface area (Å²) < 4.78 is 10.7. The van der Waals surface area contributed by atoms with E-state index in [2.05, 4.69) is 15.2 Å². The highest BCUT2D eigenvalue weighted by Gasteiger charge is 2.15. The Morgan fingerprint density at radius 3 is 2.38 bits per heavy atom. The van der Waals surface area contributed by atoms with E-state index in [1.54, 1.807) is 5.38 Å². The van der Waals surface area contributed by atoms with Crippen LogP contribution >= 0.6 is 11.3 Å². The number of nitrogens with zero attached hydrogens (tertiary/aromatic N) is 3. The fourth-order valence-electron chi connectivity index (χ4n) is 2.29. The highest BCUT2D eigenvalue weighted by atomic mass is 32.1. The van der Waals surface area contributed by atoms with Crippen LogP contribution in [0.3, 0.4) is 0 Å². The summed E-state index contributed by atoms with van der Waals surface area (Å²) in [5, 5.41) is 10.3. The van der Waals surface area contributed by atoms with Crippen LogP contribution in [-0.2, 0) is 11.3 Å². The summed E-state index contributed by atoms with van der Waals surface area (Å²) in [6.07, 6.45) is 0. The highest BCUT2D eigenvalue weighted by Crippen LogP contribution is 2.24. The average molecular weight is 363 g/mol. The molecule has 2 heterocycles. The van der Waals surface area contributed by atoms with Crippen LogP contribution in [0.5, 0.6) is 0 Å². The van der Waals surface area contributed by atoms with Crippen LogP contribution in [0.2, 0.25) is 0 Å². The van der Waals surface area contributed by atoms with E-state index in [1.807, 2.05) is 60.7 Å². The quantitative estimate of drug-likeness (QED) is 0.494. The molecule has 128 valence electrons. The number of aromatic nitrogens is 3. The molecule has 7 heteroatoms. The average Bonchev–Trinajstić information content (AvgIpc) is 3.37. The third-order valence-electron chi connectivity index (χ3n) is 3.55. The van der Waals surface area contributed by atoms with Crippen molar-refractivity contribution in [3.63, 3.8) is 0 Å². The van der Waals surface area contributed by atoms with Gasteiger partial charge in [-0.3, -0.25) is 0 Å². The predicted octanol–water partition coefficient (Wildman–Crippen LogP) is 4.22. The molecule has 0 amide bonds. The Hall–Kier alpha value is -3.32. The summed E-state index contributed by atoms with van der Waals surface area (Å²) >= 11 is 1.39. The summed E-state index contributed by atoms with van der Waals surface area (Å²) in [4.78, 5) is 16.5. The molecule has 0 bridgehead atoms. The Morgan fingerprint density at radius 2 is 1.65 bits per heavy atom. The molecular formula is C19H13N3O3S. The maximum atomic E-state index is 12.2. The van der Waals surface area contributed by atoms with Gasteiger partial charge in [0.05, 0.1) is 0 Å². The molecule has 0 radical (unpaired) electrons. The van der Waals surface area contributed by atoms with Crippen molar-refractivity contribution in [1.29, 1.82) is 0 Å². The first-order chi connectivity index (χ1) is 12.8. The number of rotatable bonds is 5. The lowest BCUT2D eigenvalue weighted by atomic mass is 10.2. The third kappa shape index (κ3) is 3.52. The molecule has 26 heavy (non-hydrogen) atoms. The minimum absolute atomic E-state index is 0.100. The molecule has 6 nitrogen and oxygen atoms in total. The van der Waals surface area contributed by atoms with E-state index in [0.717, 1.165) is 16.1 Å². The highest BCUT2D eigenvalue weighted by molar-refractivity contribution is 7.13. The summed E-state index contributed by atoms with van der Waals surface area (Å²) in [7, 11) is 0. The summed E-state index contributed by atoms with van der Waals surface area (Å²) in [5.74, 6) is 0.0929. The maximum Gasteiger partial charge on any atom is 0.358 e. The van der Waals surface area contributed by atoms with Crippen molar-refractivity contribution in [2.75, 3.05) is 0 Å². The van der Waals surface area contributed by atoms with Crippen molar-refractivity contribution < 1.29 is 13.9 Å². The van der Waals surface area contributed by atoms with E-state index in [9.17, 15) is 4.79 Å². The Balaban J connectivity index is 1.40. The van der Waals surface area contributed by atoms with Gasteiger partial charge in [-0.25, -0.2) is 9.78 Å². The van der Waals surface area contributed by atoms with Crippen molar-refractivity contribution in [3.8, 4) is 22.0 Å². The predicted molar refractivity (Wildman–Crippen MR) is 96.4 cm³/mol. The molecule has 0 unspecified atom stereocenters. The van der Waals surface area contributed by atoms with Crippen molar-refractivity contribution in [1.82, 2.24) is 15.2 Å². The lowest BCUT2D eigenvalue weighted by Crippen LogP contribution is -2.05. The molecular weight excluding hydrogens is 350 g/mol. The molecule has 4 aromatic rings. The Kier molecular flexibility index (Phi) is 4.53. The van der Waals surface area contributed by atoms with Crippen molar-refractivity contribution in [2.24, 2.45) is 0 Å². The van der Waals surface area contributed by atoms with Gasteiger partial charge in [0.1, 0.15) is 5.01 Å². The monoisotopic (exact) mass is 363 g/mol. The first-order valence-corrected chi connectivity index (χ1v) is 8.73. The lowest BCUT2D eigenvalue weighted by molar-refractivity contribution is 0.0433. The SMILES string of the molecule is O=C(OCc1nnc(-c2ccccc2)o1)c1csc(-c2ccccc2)n1. The van der Waals surface area contributed by atoms with Gasteiger partial charge in [0.15, 0.2) is 12.3 Å². The number of ether oxygens (including phenoxy) is 1. The molecule has 0 saturated heterocycles. The van der Waals surface area contributed by atoms with Crippen LogP contribution in [0.15, 0.2) is 70.5 Å². The number of carbonyl (C=O) groups is 1. The Bertz CT molecular complexity index is 1010. The van der Waals surface area contributed by atoms with Crippen molar-refractivity contribution in [3.05, 3.63) is 77.6 Å². The van der Waals surface area contributed by atoms with E-state index in [-0.39, 0.29) is 18.2 Å². The second-order valence-electron chi connectivity index (χ2n) is 5.35. The second-order valence-corrected chi connectivity index (χ2v) is 6.21. The largest absolute Gasteiger partial charge is 0.451 e. The van der Waals surface area contributed by atoms with Crippen LogP contribution in [0.4, 0.5) is 0 Å². The zero-order valence-electron chi connectivity index (χ0n) is 13.5. The van der Waals surface area contributed by atoms with Crippen LogP contribution < -0.4 is 0 Å². The standard InChI is InChI=1S/C19H13N3O3S/c23-19(15-12-26-18(20-15)14-9-5-2-6-10-14)24-11-16-21-22-17(25-16)13-7-3-1-4-8-13/h1-10,12H,11H2. The van der Waals surface area contributed by atoms with Crippen molar-refractivity contribution >= 4 is 17.3 Å². The van der Waals surface area contributed by atoms with Crippen molar-refractivity contribution in [2.45, 2.75) is 6.61 Å². The van der Waals surface area contributed by atoms with Gasteiger partial charge in [-0.05, 0) is 12.1 Å². The van der Waals surface area contributed by atoms with Crippen LogP contribution in [0.1, 0.15) is 16.4 Å². The molecule has 0 aliphatic rings. The molecule has 0 aliphatic carbocycles. The third-order valence-corrected chi connectivity index (χ3v) is 4.44. The van der Waals surface area contributed by atoms with Gasteiger partial charge in [0.2, 0.25) is 5.89 Å². The number of benzene rings is 2. The summed E-state index contributed by atoms with van der Waals surface area (Å²) in [6, 6.07) is 19.1. The molecule has 2 aromatic heterocycles. The number of hydrogen-bond donors (Lipinski definition) is 0. The van der Waals surface area contributed by atoms with Crippen LogP contribution in [0, 0.1) is 0 Å². The lowest BCUT2D eigenvalue weighted by Gasteiger charge is -1.99.